The van der Waals surface area contributed by atoms with Crippen molar-refractivity contribution in [1.29, 1.82) is 0 Å². The summed E-state index contributed by atoms with van der Waals surface area (Å²) in [7, 11) is 3.23. The Morgan fingerprint density at radius 1 is 1.25 bits per heavy atom. The van der Waals surface area contributed by atoms with Crippen molar-refractivity contribution in [2.24, 2.45) is 0 Å². The second kappa shape index (κ2) is 7.61. The van der Waals surface area contributed by atoms with Gasteiger partial charge in [-0.3, -0.25) is 9.59 Å². The molecule has 8 nitrogen and oxygen atoms in total. The maximum Gasteiger partial charge on any atom is 0.306 e. The highest BCUT2D eigenvalue weighted by atomic mass is 32.2. The van der Waals surface area contributed by atoms with Gasteiger partial charge in [-0.1, -0.05) is 11.8 Å². The summed E-state index contributed by atoms with van der Waals surface area (Å²) in [6, 6.07) is 0. The van der Waals surface area contributed by atoms with Crippen LogP contribution in [0.25, 0.3) is 5.78 Å². The molecule has 0 bridgehead atoms. The molecule has 0 unspecified atom stereocenters. The van der Waals surface area contributed by atoms with Crippen molar-refractivity contribution in [2.75, 3.05) is 27.0 Å². The highest BCUT2D eigenvalue weighted by Crippen LogP contribution is 2.18. The van der Waals surface area contributed by atoms with Gasteiger partial charge < -0.3 is 9.64 Å². The molecule has 0 atom stereocenters. The summed E-state index contributed by atoms with van der Waals surface area (Å²) >= 11 is 1.45. The number of esters is 1. The van der Waals surface area contributed by atoms with E-state index in [1.807, 2.05) is 20.1 Å². The molecular formula is C15H21N5O3S. The second-order valence-corrected chi connectivity index (χ2v) is 6.29. The molecule has 0 aliphatic carbocycles. The van der Waals surface area contributed by atoms with Gasteiger partial charge in [0.15, 0.2) is 6.61 Å². The van der Waals surface area contributed by atoms with Gasteiger partial charge in [0.1, 0.15) is 0 Å². The molecule has 0 N–H and O–H groups in total. The van der Waals surface area contributed by atoms with E-state index in [4.69, 9.17) is 4.74 Å². The molecule has 0 aliphatic rings. The van der Waals surface area contributed by atoms with Crippen LogP contribution in [-0.4, -0.2) is 63.3 Å². The lowest BCUT2D eigenvalue weighted by molar-refractivity contribution is -0.151. The van der Waals surface area contributed by atoms with Crippen molar-refractivity contribution < 1.29 is 14.3 Å². The number of hydrogen-bond acceptors (Lipinski definition) is 7. The Kier molecular flexibility index (Phi) is 5.76. The smallest absolute Gasteiger partial charge is 0.306 e. The van der Waals surface area contributed by atoms with E-state index in [9.17, 15) is 9.59 Å². The number of aryl methyl sites for hydroxylation is 2. The van der Waals surface area contributed by atoms with Crippen LogP contribution in [0, 0.1) is 13.8 Å². The molecule has 2 aromatic heterocycles. The van der Waals surface area contributed by atoms with Crippen LogP contribution < -0.4 is 0 Å². The first-order chi connectivity index (χ1) is 11.3. The van der Waals surface area contributed by atoms with Crippen LogP contribution in [0.5, 0.6) is 0 Å². The minimum atomic E-state index is -0.410. The summed E-state index contributed by atoms with van der Waals surface area (Å²) in [6.07, 6.45) is 2.56. The minimum absolute atomic E-state index is 0.180. The molecule has 130 valence electrons. The molecule has 0 saturated carbocycles. The SMILES string of the molecule is CSc1nc2nc(C)c(CCC(=O)OCC(=O)N(C)C)c(C)n2n1. The number of hydrogen-bond donors (Lipinski definition) is 0. The predicted molar refractivity (Wildman–Crippen MR) is 90.0 cm³/mol. The molecule has 24 heavy (non-hydrogen) atoms. The first kappa shape index (κ1) is 18.2. The van der Waals surface area contributed by atoms with Gasteiger partial charge in [0.05, 0.1) is 0 Å². The fourth-order valence-electron chi connectivity index (χ4n) is 2.21. The van der Waals surface area contributed by atoms with E-state index in [1.54, 1.807) is 18.6 Å². The number of carbonyl (C=O) groups is 2. The molecule has 0 spiro atoms. The van der Waals surface area contributed by atoms with Gasteiger partial charge in [-0.2, -0.15) is 4.98 Å². The zero-order valence-electron chi connectivity index (χ0n) is 14.5. The quantitative estimate of drug-likeness (QED) is 0.567. The number of carbonyl (C=O) groups excluding carboxylic acids is 2. The largest absolute Gasteiger partial charge is 0.456 e. The van der Waals surface area contributed by atoms with Crippen molar-refractivity contribution in [3.8, 4) is 0 Å². The van der Waals surface area contributed by atoms with E-state index >= 15 is 0 Å². The van der Waals surface area contributed by atoms with Crippen LogP contribution in [0.1, 0.15) is 23.4 Å². The van der Waals surface area contributed by atoms with Crippen molar-refractivity contribution in [3.05, 3.63) is 17.0 Å². The van der Waals surface area contributed by atoms with Crippen LogP contribution in [0.15, 0.2) is 5.16 Å². The van der Waals surface area contributed by atoms with Gasteiger partial charge in [-0.15, -0.1) is 5.10 Å². The molecule has 9 heteroatoms. The van der Waals surface area contributed by atoms with E-state index < -0.39 is 5.97 Å². The average molecular weight is 351 g/mol. The Morgan fingerprint density at radius 3 is 2.58 bits per heavy atom. The fourth-order valence-corrected chi connectivity index (χ4v) is 2.55. The first-order valence-corrected chi connectivity index (χ1v) is 8.68. The van der Waals surface area contributed by atoms with Crippen LogP contribution in [0.2, 0.25) is 0 Å². The number of ether oxygens (including phenoxy) is 1. The molecule has 2 aromatic rings. The number of aromatic nitrogens is 4. The highest BCUT2D eigenvalue weighted by molar-refractivity contribution is 7.98. The minimum Gasteiger partial charge on any atom is -0.456 e. The topological polar surface area (TPSA) is 89.7 Å². The number of thioether (sulfide) groups is 1. The maximum absolute atomic E-state index is 11.8. The van der Waals surface area contributed by atoms with E-state index in [0.717, 1.165) is 17.0 Å². The predicted octanol–water partition coefficient (Wildman–Crippen LogP) is 1.03. The average Bonchev–Trinajstić information content (AvgIpc) is 2.95. The second-order valence-electron chi connectivity index (χ2n) is 5.52. The summed E-state index contributed by atoms with van der Waals surface area (Å²) in [4.78, 5) is 33.4. The molecule has 1 amide bonds. The molecule has 0 radical (unpaired) electrons. The molecule has 2 heterocycles. The van der Waals surface area contributed by atoms with E-state index in [2.05, 4.69) is 15.1 Å². The molecule has 2 rings (SSSR count). The van der Waals surface area contributed by atoms with Crippen LogP contribution >= 0.6 is 11.8 Å². The van der Waals surface area contributed by atoms with Gasteiger partial charge in [0.25, 0.3) is 11.7 Å². The molecule has 0 aromatic carbocycles. The molecule has 0 aliphatic heterocycles. The van der Waals surface area contributed by atoms with Crippen LogP contribution in [0.4, 0.5) is 0 Å². The zero-order valence-corrected chi connectivity index (χ0v) is 15.3. The van der Waals surface area contributed by atoms with Crippen LogP contribution in [-0.2, 0) is 20.7 Å². The zero-order chi connectivity index (χ0) is 17.9. The van der Waals surface area contributed by atoms with Crippen molar-refractivity contribution in [1.82, 2.24) is 24.5 Å². The Labute approximate surface area is 144 Å². The number of fused-ring (bicyclic) bond motifs is 1. The first-order valence-electron chi connectivity index (χ1n) is 7.46. The number of rotatable bonds is 6. The third-order valence-electron chi connectivity index (χ3n) is 3.65. The molecule has 0 fully saturated rings. The van der Waals surface area contributed by atoms with Crippen LogP contribution in [0.3, 0.4) is 0 Å². The summed E-state index contributed by atoms with van der Waals surface area (Å²) in [6.45, 7) is 3.58. The Hall–Kier alpha value is -2.16. The maximum atomic E-state index is 11.8. The lowest BCUT2D eigenvalue weighted by Crippen LogP contribution is -2.27. The van der Waals surface area contributed by atoms with Crippen molar-refractivity contribution in [2.45, 2.75) is 31.8 Å². The monoisotopic (exact) mass is 351 g/mol. The van der Waals surface area contributed by atoms with Gasteiger partial charge in [0, 0.05) is 31.9 Å². The third-order valence-corrected chi connectivity index (χ3v) is 4.18. The lowest BCUT2D eigenvalue weighted by atomic mass is 10.1. The third kappa shape index (κ3) is 4.02. The van der Waals surface area contributed by atoms with Crippen molar-refractivity contribution in [3.63, 3.8) is 0 Å². The van der Waals surface area contributed by atoms with Gasteiger partial charge in [0.2, 0.25) is 5.16 Å². The van der Waals surface area contributed by atoms with E-state index in [-0.39, 0.29) is 18.9 Å². The highest BCUT2D eigenvalue weighted by Gasteiger charge is 2.15. The fraction of sp³-hybridized carbons (Fsp3) is 0.533. The Morgan fingerprint density at radius 2 is 1.96 bits per heavy atom. The normalized spacial score (nSPS) is 10.9. The van der Waals surface area contributed by atoms with Gasteiger partial charge in [-0.05, 0) is 32.1 Å². The lowest BCUT2D eigenvalue weighted by Gasteiger charge is -2.12. The summed E-state index contributed by atoms with van der Waals surface area (Å²) in [5.41, 5.74) is 2.66. The summed E-state index contributed by atoms with van der Waals surface area (Å²) in [5.74, 6) is -0.101. The van der Waals surface area contributed by atoms with E-state index in [1.165, 1.54) is 16.7 Å². The standard InChI is InChI=1S/C15H21N5O3S/c1-9-11(6-7-13(22)23-8-12(21)19(3)4)10(2)20-14(16-9)17-15(18-20)24-5/h6-8H2,1-5H3. The number of amides is 1. The van der Waals surface area contributed by atoms with E-state index in [0.29, 0.717) is 17.4 Å². The summed E-state index contributed by atoms with van der Waals surface area (Å²) in [5, 5.41) is 5.03. The van der Waals surface area contributed by atoms with Crippen molar-refractivity contribution >= 4 is 29.4 Å². The Balaban J connectivity index is 2.07. The molecular weight excluding hydrogens is 330 g/mol. The molecule has 0 saturated heterocycles. The summed E-state index contributed by atoms with van der Waals surface area (Å²) < 4.78 is 6.68. The Bertz CT molecular complexity index is 772. The van der Waals surface area contributed by atoms with Gasteiger partial charge >= 0.3 is 5.97 Å². The van der Waals surface area contributed by atoms with Gasteiger partial charge in [-0.25, -0.2) is 9.50 Å². The number of likely N-dealkylation sites (N-methyl/N-ethyl adjacent to an activating group) is 1. The number of nitrogens with zero attached hydrogens (tertiary/aromatic N) is 5.